The molecular formula is C19H19N3O3S2. The lowest BCUT2D eigenvalue weighted by molar-refractivity contribution is 0.0706. The van der Waals surface area contributed by atoms with E-state index in [1.165, 1.54) is 11.3 Å². The Morgan fingerprint density at radius 2 is 1.85 bits per heavy atom. The van der Waals surface area contributed by atoms with Crippen LogP contribution >= 0.6 is 11.3 Å². The first kappa shape index (κ1) is 18.1. The van der Waals surface area contributed by atoms with Crippen molar-refractivity contribution in [1.29, 1.82) is 0 Å². The summed E-state index contributed by atoms with van der Waals surface area (Å²) < 4.78 is 27.7. The lowest BCUT2D eigenvalue weighted by atomic mass is 10.1. The summed E-state index contributed by atoms with van der Waals surface area (Å²) in [6.07, 6.45) is 1.17. The van der Waals surface area contributed by atoms with Crippen molar-refractivity contribution in [3.8, 4) is 0 Å². The number of thiophene rings is 1. The molecule has 0 unspecified atom stereocenters. The van der Waals surface area contributed by atoms with Crippen LogP contribution in [0.5, 0.6) is 0 Å². The highest BCUT2D eigenvalue weighted by Crippen LogP contribution is 2.20. The number of amides is 1. The predicted octanol–water partition coefficient (Wildman–Crippen LogP) is 2.88. The second kappa shape index (κ2) is 7.38. The number of aromatic nitrogens is 1. The Balaban J connectivity index is 1.40. The van der Waals surface area contributed by atoms with Gasteiger partial charge in [0, 0.05) is 24.5 Å². The van der Waals surface area contributed by atoms with Crippen molar-refractivity contribution in [2.45, 2.75) is 23.1 Å². The Labute approximate surface area is 161 Å². The molecule has 8 heteroatoms. The molecule has 3 aromatic rings. The highest BCUT2D eigenvalue weighted by Gasteiger charge is 2.28. The number of likely N-dealkylation sites (tertiary alicyclic amines) is 1. The minimum atomic E-state index is -3.48. The SMILES string of the molecule is O=C(c1ccc2ccccc2n1)N1CCC(NS(=O)(=O)c2cccs2)CC1. The first-order valence-electron chi connectivity index (χ1n) is 8.74. The number of carbonyl (C=O) groups excluding carboxylic acids is 1. The number of pyridine rings is 1. The lowest BCUT2D eigenvalue weighted by Gasteiger charge is -2.32. The van der Waals surface area contributed by atoms with E-state index in [1.54, 1.807) is 28.5 Å². The van der Waals surface area contributed by atoms with Crippen LogP contribution in [-0.4, -0.2) is 43.3 Å². The summed E-state index contributed by atoms with van der Waals surface area (Å²) in [6, 6.07) is 14.5. The van der Waals surface area contributed by atoms with E-state index in [0.717, 1.165) is 10.9 Å². The standard InChI is InChI=1S/C19H19N3O3S2/c23-19(17-8-7-14-4-1-2-5-16(14)20-17)22-11-9-15(10-12-22)21-27(24,25)18-6-3-13-26-18/h1-8,13,15,21H,9-12H2. The Morgan fingerprint density at radius 1 is 1.07 bits per heavy atom. The van der Waals surface area contributed by atoms with E-state index in [2.05, 4.69) is 9.71 Å². The van der Waals surface area contributed by atoms with E-state index >= 15 is 0 Å². The maximum Gasteiger partial charge on any atom is 0.272 e. The molecular weight excluding hydrogens is 382 g/mol. The summed E-state index contributed by atoms with van der Waals surface area (Å²) in [6.45, 7) is 1.01. The number of fused-ring (bicyclic) bond motifs is 1. The number of benzene rings is 1. The van der Waals surface area contributed by atoms with Crippen LogP contribution < -0.4 is 4.72 Å². The first-order chi connectivity index (χ1) is 13.0. The van der Waals surface area contributed by atoms with Crippen molar-refractivity contribution in [2.75, 3.05) is 13.1 Å². The van der Waals surface area contributed by atoms with Crippen LogP contribution in [0.15, 0.2) is 58.1 Å². The molecule has 6 nitrogen and oxygen atoms in total. The Bertz CT molecular complexity index is 1060. The van der Waals surface area contributed by atoms with Gasteiger partial charge < -0.3 is 4.90 Å². The lowest BCUT2D eigenvalue weighted by Crippen LogP contribution is -2.46. The molecule has 0 bridgehead atoms. The third-order valence-electron chi connectivity index (χ3n) is 4.68. The van der Waals surface area contributed by atoms with Crippen molar-refractivity contribution in [1.82, 2.24) is 14.6 Å². The van der Waals surface area contributed by atoms with Crippen LogP contribution in [0.3, 0.4) is 0 Å². The summed E-state index contributed by atoms with van der Waals surface area (Å²) in [7, 11) is -3.48. The maximum atomic E-state index is 12.7. The summed E-state index contributed by atoms with van der Waals surface area (Å²) in [4.78, 5) is 19.0. The molecule has 1 amide bonds. The third-order valence-corrected chi connectivity index (χ3v) is 7.60. The molecule has 0 aliphatic carbocycles. The second-order valence-corrected chi connectivity index (χ2v) is 9.40. The zero-order valence-corrected chi connectivity index (χ0v) is 16.2. The van der Waals surface area contributed by atoms with Crippen LogP contribution in [0.2, 0.25) is 0 Å². The van der Waals surface area contributed by atoms with E-state index in [-0.39, 0.29) is 11.9 Å². The number of nitrogens with zero attached hydrogens (tertiary/aromatic N) is 2. The Morgan fingerprint density at radius 3 is 2.59 bits per heavy atom. The van der Waals surface area contributed by atoms with Crippen LogP contribution in [0.1, 0.15) is 23.3 Å². The van der Waals surface area contributed by atoms with E-state index < -0.39 is 10.0 Å². The molecule has 140 valence electrons. The van der Waals surface area contributed by atoms with Gasteiger partial charge in [-0.15, -0.1) is 11.3 Å². The summed E-state index contributed by atoms with van der Waals surface area (Å²) >= 11 is 1.20. The van der Waals surface area contributed by atoms with Gasteiger partial charge in [-0.3, -0.25) is 4.79 Å². The number of carbonyl (C=O) groups is 1. The average Bonchev–Trinajstić information content (AvgIpc) is 3.23. The zero-order chi connectivity index (χ0) is 18.9. The number of piperidine rings is 1. The smallest absolute Gasteiger partial charge is 0.272 e. The molecule has 1 aliphatic rings. The van der Waals surface area contributed by atoms with Gasteiger partial charge in [0.05, 0.1) is 5.52 Å². The fourth-order valence-electron chi connectivity index (χ4n) is 3.24. The van der Waals surface area contributed by atoms with E-state index in [1.807, 2.05) is 30.3 Å². The molecule has 1 fully saturated rings. The van der Waals surface area contributed by atoms with Crippen LogP contribution in [0, 0.1) is 0 Å². The van der Waals surface area contributed by atoms with Gasteiger partial charge in [-0.25, -0.2) is 18.1 Å². The number of hydrogen-bond acceptors (Lipinski definition) is 5. The molecule has 0 saturated carbocycles. The first-order valence-corrected chi connectivity index (χ1v) is 11.1. The van der Waals surface area contributed by atoms with Crippen molar-refractivity contribution in [2.24, 2.45) is 0 Å². The Hall–Kier alpha value is -2.29. The summed E-state index contributed by atoms with van der Waals surface area (Å²) in [5, 5.41) is 2.74. The monoisotopic (exact) mass is 401 g/mol. The highest BCUT2D eigenvalue weighted by atomic mass is 32.2. The van der Waals surface area contributed by atoms with Crippen LogP contribution in [0.25, 0.3) is 10.9 Å². The van der Waals surface area contributed by atoms with Gasteiger partial charge in [0.2, 0.25) is 10.0 Å². The normalized spacial score (nSPS) is 15.9. The van der Waals surface area contributed by atoms with Gasteiger partial charge in [0.25, 0.3) is 5.91 Å². The van der Waals surface area contributed by atoms with Gasteiger partial charge in [-0.05, 0) is 36.4 Å². The van der Waals surface area contributed by atoms with E-state index in [4.69, 9.17) is 0 Å². The minimum Gasteiger partial charge on any atom is -0.337 e. The average molecular weight is 402 g/mol. The molecule has 4 rings (SSSR count). The van der Waals surface area contributed by atoms with Crippen LogP contribution in [0.4, 0.5) is 0 Å². The van der Waals surface area contributed by atoms with Gasteiger partial charge in [0.15, 0.2) is 0 Å². The molecule has 1 saturated heterocycles. The zero-order valence-electron chi connectivity index (χ0n) is 14.5. The third kappa shape index (κ3) is 3.87. The van der Waals surface area contributed by atoms with E-state index in [9.17, 15) is 13.2 Å². The Kier molecular flexibility index (Phi) is 4.94. The number of rotatable bonds is 4. The molecule has 0 spiro atoms. The summed E-state index contributed by atoms with van der Waals surface area (Å²) in [5.41, 5.74) is 1.22. The number of nitrogens with one attached hydrogen (secondary N) is 1. The molecule has 1 N–H and O–H groups in total. The fraction of sp³-hybridized carbons (Fsp3) is 0.263. The molecule has 1 aromatic carbocycles. The van der Waals surface area contributed by atoms with Crippen LogP contribution in [-0.2, 0) is 10.0 Å². The largest absolute Gasteiger partial charge is 0.337 e. The quantitative estimate of drug-likeness (QED) is 0.729. The number of sulfonamides is 1. The fourth-order valence-corrected chi connectivity index (χ4v) is 5.56. The van der Waals surface area contributed by atoms with Crippen molar-refractivity contribution in [3.05, 3.63) is 59.6 Å². The van der Waals surface area contributed by atoms with Crippen molar-refractivity contribution in [3.63, 3.8) is 0 Å². The van der Waals surface area contributed by atoms with Crippen molar-refractivity contribution >= 4 is 38.2 Å². The molecule has 1 aliphatic heterocycles. The molecule has 27 heavy (non-hydrogen) atoms. The van der Waals surface area contributed by atoms with Gasteiger partial charge in [-0.2, -0.15) is 0 Å². The highest BCUT2D eigenvalue weighted by molar-refractivity contribution is 7.91. The van der Waals surface area contributed by atoms with E-state index in [0.29, 0.717) is 35.8 Å². The molecule has 0 atom stereocenters. The molecule has 2 aromatic heterocycles. The number of para-hydroxylation sites is 1. The molecule has 0 radical (unpaired) electrons. The minimum absolute atomic E-state index is 0.111. The predicted molar refractivity (Wildman–Crippen MR) is 105 cm³/mol. The second-order valence-electron chi connectivity index (χ2n) is 6.51. The van der Waals surface area contributed by atoms with Gasteiger partial charge >= 0.3 is 0 Å². The topological polar surface area (TPSA) is 79.4 Å². The number of hydrogen-bond donors (Lipinski definition) is 1. The molecule has 3 heterocycles. The van der Waals surface area contributed by atoms with Gasteiger partial charge in [-0.1, -0.05) is 30.3 Å². The van der Waals surface area contributed by atoms with Gasteiger partial charge in [0.1, 0.15) is 9.90 Å². The van der Waals surface area contributed by atoms with Crippen molar-refractivity contribution < 1.29 is 13.2 Å². The summed E-state index contributed by atoms with van der Waals surface area (Å²) in [5.74, 6) is -0.111. The maximum absolute atomic E-state index is 12.7.